The van der Waals surface area contributed by atoms with E-state index in [9.17, 15) is 0 Å². The van der Waals surface area contributed by atoms with Gasteiger partial charge in [-0.1, -0.05) is 0 Å². The zero-order chi connectivity index (χ0) is 0. The van der Waals surface area contributed by atoms with Crippen LogP contribution in [-0.4, -0.2) is 45.5 Å². The Bertz CT molecular complexity index is 8.00. The summed E-state index contributed by atoms with van der Waals surface area (Å²) in [5, 5.41) is 0. The molecule has 22 valence electrons. The summed E-state index contributed by atoms with van der Waals surface area (Å²) in [6.07, 6.45) is 0. The van der Waals surface area contributed by atoms with Crippen molar-refractivity contribution in [1.82, 2.24) is 0 Å². The van der Waals surface area contributed by atoms with Crippen molar-refractivity contribution in [2.75, 3.05) is 0 Å². The van der Waals surface area contributed by atoms with Crippen molar-refractivity contribution in [2.24, 2.45) is 0 Å². The monoisotopic (exact) mass is 304 g/mol. The molecule has 0 aliphatic rings. The second-order valence-electron chi connectivity index (χ2n) is 0. The molecule has 4 heteroatoms. The normalized spacial score (nSPS) is 0. The first-order chi connectivity index (χ1) is 0. The van der Waals surface area contributed by atoms with Gasteiger partial charge < -0.3 is 5.48 Å². The van der Waals surface area contributed by atoms with E-state index >= 15 is 0 Å². The molecule has 0 N–H and O–H groups in total. The van der Waals surface area contributed by atoms with E-state index in [4.69, 9.17) is 0 Å². The fraction of sp³-hybridized carbons (Fsp3) is 0. The minimum absolute atomic E-state index is 0. The average molecular weight is 303 g/mol. The molecule has 2 radical (unpaired) electrons. The summed E-state index contributed by atoms with van der Waals surface area (Å²) in [6.45, 7) is 0. The minimum atomic E-state index is 0. The van der Waals surface area contributed by atoms with Crippen LogP contribution in [0.3, 0.4) is 0 Å². The van der Waals surface area contributed by atoms with Crippen molar-refractivity contribution in [1.29, 1.82) is 0 Å². The van der Waals surface area contributed by atoms with Crippen molar-refractivity contribution in [2.45, 2.75) is 0 Å². The summed E-state index contributed by atoms with van der Waals surface area (Å²) in [7, 11) is 0. The Morgan fingerprint density at radius 1 is 1.00 bits per heavy atom. The van der Waals surface area contributed by atoms with Gasteiger partial charge in [-0.3, -0.25) is 0 Å². The fourth-order valence-corrected chi connectivity index (χ4v) is 0. The Labute approximate surface area is 101 Å². The molecule has 0 fully saturated rings. The van der Waals surface area contributed by atoms with Crippen LogP contribution in [0.2, 0.25) is 0 Å². The number of hydrogen-bond donors (Lipinski definition) is 0. The van der Waals surface area contributed by atoms with Crippen LogP contribution in [0.1, 0.15) is 0 Å². The molecule has 0 amide bonds. The topological polar surface area (TPSA) is 28.5 Å². The molecule has 0 rings (SSSR count). The van der Waals surface area contributed by atoms with Gasteiger partial charge in [-0.2, -0.15) is 0 Å². The first-order valence-electron chi connectivity index (χ1n) is 0. The molecular formula is H2CoLaOSr. The molecule has 0 heterocycles. The van der Waals surface area contributed by atoms with Gasteiger partial charge in [0.05, 0.1) is 0 Å². The zero-order valence-electron chi connectivity index (χ0n) is 1.32. The summed E-state index contributed by atoms with van der Waals surface area (Å²) in [6, 6.07) is 0. The van der Waals surface area contributed by atoms with Crippen molar-refractivity contribution in [3.63, 3.8) is 0 Å². The van der Waals surface area contributed by atoms with Crippen LogP contribution in [0.4, 0.5) is 0 Å². The van der Waals surface area contributed by atoms with Crippen molar-refractivity contribution >= 4 is 45.5 Å². The SMILES string of the molecule is [Co+2].[La].[O-2].[SrH2]. The van der Waals surface area contributed by atoms with Crippen molar-refractivity contribution in [3.8, 4) is 0 Å². The van der Waals surface area contributed by atoms with Gasteiger partial charge in [-0.25, -0.2) is 0 Å². The van der Waals surface area contributed by atoms with Gasteiger partial charge in [0.2, 0.25) is 0 Å². The zero-order valence-corrected chi connectivity index (χ0v) is 5.99. The van der Waals surface area contributed by atoms with E-state index in [0.29, 0.717) is 0 Å². The molecule has 0 saturated carbocycles. The molecule has 0 spiro atoms. The molecule has 1 nitrogen and oxygen atoms in total. The van der Waals surface area contributed by atoms with Crippen LogP contribution in [0.5, 0.6) is 0 Å². The average Bonchev–Trinajstić information content (AvgIpc) is 0. The third kappa shape index (κ3) is 8.94. The van der Waals surface area contributed by atoms with Crippen LogP contribution >= 0.6 is 0 Å². The third-order valence-electron chi connectivity index (χ3n) is 0. The van der Waals surface area contributed by atoms with Gasteiger partial charge in [0.25, 0.3) is 0 Å². The van der Waals surface area contributed by atoms with Gasteiger partial charge in [0.1, 0.15) is 0 Å². The van der Waals surface area contributed by atoms with E-state index in [0.717, 1.165) is 0 Å². The van der Waals surface area contributed by atoms with Crippen molar-refractivity contribution < 1.29 is 57.9 Å². The standard InChI is InChI=1S/Co.La.O.Sr.2H/q+2;;-2;;;. The third-order valence-corrected chi connectivity index (χ3v) is 0. The Hall–Kier alpha value is 3.14. The molecule has 0 aromatic carbocycles. The summed E-state index contributed by atoms with van der Waals surface area (Å²) in [4.78, 5) is 0. The molecule has 0 aromatic heterocycles. The number of hydrogen-bond acceptors (Lipinski definition) is 0. The van der Waals surface area contributed by atoms with Crippen LogP contribution in [-0.2, 0) is 22.3 Å². The van der Waals surface area contributed by atoms with E-state index in [1.165, 1.54) is 0 Å². The van der Waals surface area contributed by atoms with Gasteiger partial charge >= 0.3 is 62.3 Å². The van der Waals surface area contributed by atoms with E-state index in [1.807, 2.05) is 0 Å². The van der Waals surface area contributed by atoms with Crippen LogP contribution in [0.25, 0.3) is 0 Å². The molecule has 0 saturated heterocycles. The van der Waals surface area contributed by atoms with Crippen LogP contribution < -0.4 is 0 Å². The van der Waals surface area contributed by atoms with E-state index in [1.54, 1.807) is 0 Å². The predicted molar refractivity (Wildman–Crippen MR) is 9.23 cm³/mol. The first kappa shape index (κ1) is 27.3. The predicted octanol–water partition coefficient (Wildman–Crippen LogP) is -1.04. The summed E-state index contributed by atoms with van der Waals surface area (Å²) in [5.74, 6) is 0. The molecule has 4 heavy (non-hydrogen) atoms. The van der Waals surface area contributed by atoms with Gasteiger partial charge in [-0.15, -0.1) is 0 Å². The second kappa shape index (κ2) is 16.5. The molecule has 0 aromatic rings. The van der Waals surface area contributed by atoms with Gasteiger partial charge in [0.15, 0.2) is 0 Å². The second-order valence-corrected chi connectivity index (χ2v) is 0. The number of rotatable bonds is 0. The Kier molecular flexibility index (Phi) is 112. The van der Waals surface area contributed by atoms with Crippen LogP contribution in [0, 0.1) is 35.6 Å². The molecule has 0 atom stereocenters. The Morgan fingerprint density at radius 3 is 1.00 bits per heavy atom. The molecule has 0 bridgehead atoms. The molecule has 0 aliphatic heterocycles. The summed E-state index contributed by atoms with van der Waals surface area (Å²) >= 11 is 0. The quantitative estimate of drug-likeness (QED) is 0.512. The summed E-state index contributed by atoms with van der Waals surface area (Å²) < 4.78 is 0. The van der Waals surface area contributed by atoms with E-state index < -0.39 is 0 Å². The van der Waals surface area contributed by atoms with Crippen molar-refractivity contribution in [3.05, 3.63) is 0 Å². The molecular weight excluding hydrogens is 301 g/mol. The molecule has 0 aliphatic carbocycles. The Morgan fingerprint density at radius 2 is 1.00 bits per heavy atom. The first-order valence-corrected chi connectivity index (χ1v) is 0. The van der Waals surface area contributed by atoms with Gasteiger partial charge in [0, 0.05) is 35.6 Å². The fourth-order valence-electron chi connectivity index (χ4n) is 0. The van der Waals surface area contributed by atoms with E-state index in [-0.39, 0.29) is 103 Å². The van der Waals surface area contributed by atoms with Crippen LogP contribution in [0.15, 0.2) is 0 Å². The van der Waals surface area contributed by atoms with Gasteiger partial charge in [-0.05, 0) is 0 Å². The Balaban J connectivity index is 0. The van der Waals surface area contributed by atoms with E-state index in [2.05, 4.69) is 0 Å². The maximum atomic E-state index is 0. The molecule has 0 unspecified atom stereocenters. The maximum absolute atomic E-state index is 0. The summed E-state index contributed by atoms with van der Waals surface area (Å²) in [5.41, 5.74) is 0.